The first-order chi connectivity index (χ1) is 12.4. The Bertz CT molecular complexity index is 811. The second kappa shape index (κ2) is 8.89. The van der Waals surface area contributed by atoms with Crippen molar-refractivity contribution in [1.29, 1.82) is 0 Å². The summed E-state index contributed by atoms with van der Waals surface area (Å²) in [7, 11) is 0. The van der Waals surface area contributed by atoms with Gasteiger partial charge in [-0.2, -0.15) is 0 Å². The number of hydrogen-bond donors (Lipinski definition) is 3. The molecule has 2 rings (SSSR count). The maximum atomic E-state index is 12.3. The van der Waals surface area contributed by atoms with Crippen molar-refractivity contribution in [3.63, 3.8) is 0 Å². The molecule has 0 radical (unpaired) electrons. The molecule has 2 aromatic rings. The standard InChI is InChI=1S/C18H18F2N2O4/c19-15(20)10-14(18(25)26)22-16(23)7-8-21-17(24)13-6-5-11-3-1-2-4-12(11)9-13/h1-6,9,14-15H,7-8,10H2,(H,21,24)(H,22,23)(H,25,26). The van der Waals surface area contributed by atoms with Gasteiger partial charge in [-0.05, 0) is 22.9 Å². The largest absolute Gasteiger partial charge is 0.480 e. The van der Waals surface area contributed by atoms with E-state index in [0.29, 0.717) is 5.56 Å². The van der Waals surface area contributed by atoms with Crippen LogP contribution in [-0.4, -0.2) is 41.9 Å². The van der Waals surface area contributed by atoms with Crippen LogP contribution in [0.15, 0.2) is 42.5 Å². The summed E-state index contributed by atoms with van der Waals surface area (Å²) in [5.41, 5.74) is 0.422. The lowest BCUT2D eigenvalue weighted by molar-refractivity contribution is -0.143. The highest BCUT2D eigenvalue weighted by molar-refractivity contribution is 5.98. The number of benzene rings is 2. The van der Waals surface area contributed by atoms with Crippen LogP contribution in [0.3, 0.4) is 0 Å². The monoisotopic (exact) mass is 364 g/mol. The molecule has 0 aliphatic rings. The lowest BCUT2D eigenvalue weighted by Crippen LogP contribution is -2.43. The van der Waals surface area contributed by atoms with Crippen LogP contribution < -0.4 is 10.6 Å². The quantitative estimate of drug-likeness (QED) is 0.669. The van der Waals surface area contributed by atoms with Gasteiger partial charge in [-0.1, -0.05) is 30.3 Å². The topological polar surface area (TPSA) is 95.5 Å². The third-order valence-electron chi connectivity index (χ3n) is 3.70. The van der Waals surface area contributed by atoms with Crippen LogP contribution in [0.4, 0.5) is 8.78 Å². The van der Waals surface area contributed by atoms with Gasteiger partial charge in [-0.15, -0.1) is 0 Å². The van der Waals surface area contributed by atoms with Crippen molar-refractivity contribution in [2.45, 2.75) is 25.3 Å². The molecule has 3 N–H and O–H groups in total. The second-order valence-electron chi connectivity index (χ2n) is 5.65. The van der Waals surface area contributed by atoms with Gasteiger partial charge < -0.3 is 15.7 Å². The third-order valence-corrected chi connectivity index (χ3v) is 3.70. The molecule has 6 nitrogen and oxygen atoms in total. The van der Waals surface area contributed by atoms with Crippen molar-refractivity contribution in [3.8, 4) is 0 Å². The van der Waals surface area contributed by atoms with Gasteiger partial charge in [0, 0.05) is 24.9 Å². The van der Waals surface area contributed by atoms with E-state index in [1.54, 1.807) is 18.2 Å². The molecule has 0 fully saturated rings. The minimum absolute atomic E-state index is 0.0431. The summed E-state index contributed by atoms with van der Waals surface area (Å²) in [6.45, 7) is -0.0431. The molecule has 1 unspecified atom stereocenters. The number of rotatable bonds is 8. The van der Waals surface area contributed by atoms with Crippen molar-refractivity contribution in [1.82, 2.24) is 10.6 Å². The van der Waals surface area contributed by atoms with Crippen LogP contribution in [0.1, 0.15) is 23.2 Å². The zero-order valence-electron chi connectivity index (χ0n) is 13.7. The van der Waals surface area contributed by atoms with Gasteiger partial charge in [-0.25, -0.2) is 13.6 Å². The predicted molar refractivity (Wildman–Crippen MR) is 91.1 cm³/mol. The molecule has 0 spiro atoms. The van der Waals surface area contributed by atoms with E-state index in [-0.39, 0.29) is 18.9 Å². The van der Waals surface area contributed by atoms with Gasteiger partial charge in [0.1, 0.15) is 6.04 Å². The second-order valence-corrected chi connectivity index (χ2v) is 5.65. The molecular formula is C18H18F2N2O4. The van der Waals surface area contributed by atoms with Crippen LogP contribution in [-0.2, 0) is 9.59 Å². The van der Waals surface area contributed by atoms with Crippen LogP contribution >= 0.6 is 0 Å². The van der Waals surface area contributed by atoms with Gasteiger partial charge >= 0.3 is 5.97 Å². The molecule has 0 bridgehead atoms. The van der Waals surface area contributed by atoms with Crippen molar-refractivity contribution in [2.75, 3.05) is 6.54 Å². The first-order valence-electron chi connectivity index (χ1n) is 7.94. The fourth-order valence-electron chi connectivity index (χ4n) is 2.39. The van der Waals surface area contributed by atoms with E-state index in [2.05, 4.69) is 5.32 Å². The van der Waals surface area contributed by atoms with Gasteiger partial charge in [0.2, 0.25) is 12.3 Å². The number of carbonyl (C=O) groups excluding carboxylic acids is 2. The summed E-state index contributed by atoms with van der Waals surface area (Å²) in [4.78, 5) is 34.6. The predicted octanol–water partition coefficient (Wildman–Crippen LogP) is 2.18. The third kappa shape index (κ3) is 5.51. The van der Waals surface area contributed by atoms with Crippen molar-refractivity contribution in [2.24, 2.45) is 0 Å². The van der Waals surface area contributed by atoms with Gasteiger partial charge in [0.15, 0.2) is 0 Å². The average Bonchev–Trinajstić information content (AvgIpc) is 2.60. The molecule has 0 aromatic heterocycles. The zero-order chi connectivity index (χ0) is 19.1. The first kappa shape index (κ1) is 19.3. The highest BCUT2D eigenvalue weighted by Gasteiger charge is 2.23. The number of alkyl halides is 2. The number of carboxylic acids is 1. The number of hydrogen-bond acceptors (Lipinski definition) is 3. The molecular weight excluding hydrogens is 346 g/mol. The highest BCUT2D eigenvalue weighted by atomic mass is 19.3. The van der Waals surface area contributed by atoms with E-state index < -0.39 is 30.8 Å². The van der Waals surface area contributed by atoms with E-state index in [1.165, 1.54) is 0 Å². The Kier molecular flexibility index (Phi) is 6.60. The summed E-state index contributed by atoms with van der Waals surface area (Å²) in [6, 6.07) is 11.0. The van der Waals surface area contributed by atoms with E-state index in [0.717, 1.165) is 10.8 Å². The van der Waals surface area contributed by atoms with Crippen molar-refractivity contribution in [3.05, 3.63) is 48.0 Å². The Morgan fingerprint density at radius 2 is 1.73 bits per heavy atom. The Hall–Kier alpha value is -3.03. The fraction of sp³-hybridized carbons (Fsp3) is 0.278. The minimum atomic E-state index is -2.84. The maximum absolute atomic E-state index is 12.3. The van der Waals surface area contributed by atoms with E-state index >= 15 is 0 Å². The van der Waals surface area contributed by atoms with Gasteiger partial charge in [0.05, 0.1) is 0 Å². The van der Waals surface area contributed by atoms with Crippen LogP contribution in [0.5, 0.6) is 0 Å². The lowest BCUT2D eigenvalue weighted by Gasteiger charge is -2.14. The molecule has 0 aliphatic heterocycles. The number of carbonyl (C=O) groups is 3. The number of amides is 2. The summed E-state index contributed by atoms with van der Waals surface area (Å²) >= 11 is 0. The molecule has 2 aromatic carbocycles. The Labute approximate surface area is 148 Å². The lowest BCUT2D eigenvalue weighted by atomic mass is 10.1. The molecule has 0 saturated carbocycles. The number of halogens is 2. The SMILES string of the molecule is O=C(CCNC(=O)c1ccc2ccccc2c1)NC(CC(F)F)C(=O)O. The first-order valence-corrected chi connectivity index (χ1v) is 7.94. The number of aliphatic carboxylic acids is 1. The summed E-state index contributed by atoms with van der Waals surface area (Å²) in [5.74, 6) is -2.64. The Morgan fingerprint density at radius 3 is 2.38 bits per heavy atom. The van der Waals surface area contributed by atoms with Crippen molar-refractivity contribution >= 4 is 28.6 Å². The summed E-state index contributed by atoms with van der Waals surface area (Å²) in [6.07, 6.45) is -4.03. The molecule has 8 heteroatoms. The van der Waals surface area contributed by atoms with Crippen LogP contribution in [0.25, 0.3) is 10.8 Å². The van der Waals surface area contributed by atoms with Gasteiger partial charge in [-0.3, -0.25) is 9.59 Å². The summed E-state index contributed by atoms with van der Waals surface area (Å²) < 4.78 is 24.6. The molecule has 0 heterocycles. The fourth-order valence-corrected chi connectivity index (χ4v) is 2.39. The van der Waals surface area contributed by atoms with Crippen molar-refractivity contribution < 1.29 is 28.3 Å². The number of fused-ring (bicyclic) bond motifs is 1. The Morgan fingerprint density at radius 1 is 1.04 bits per heavy atom. The van der Waals surface area contributed by atoms with E-state index in [9.17, 15) is 23.2 Å². The molecule has 0 aliphatic carbocycles. The Balaban J connectivity index is 1.84. The average molecular weight is 364 g/mol. The molecule has 2 amide bonds. The summed E-state index contributed by atoms with van der Waals surface area (Å²) in [5, 5.41) is 15.2. The van der Waals surface area contributed by atoms with Crippen LogP contribution in [0, 0.1) is 0 Å². The number of carboxylic acid groups (broad SMARTS) is 1. The smallest absolute Gasteiger partial charge is 0.326 e. The minimum Gasteiger partial charge on any atom is -0.480 e. The van der Waals surface area contributed by atoms with Gasteiger partial charge in [0.25, 0.3) is 5.91 Å². The molecule has 0 saturated heterocycles. The molecule has 1 atom stereocenters. The molecule has 26 heavy (non-hydrogen) atoms. The normalized spacial score (nSPS) is 12.0. The van der Waals surface area contributed by atoms with Crippen LogP contribution in [0.2, 0.25) is 0 Å². The highest BCUT2D eigenvalue weighted by Crippen LogP contribution is 2.15. The zero-order valence-corrected chi connectivity index (χ0v) is 13.7. The van der Waals surface area contributed by atoms with E-state index in [1.807, 2.05) is 29.6 Å². The number of nitrogens with one attached hydrogen (secondary N) is 2. The molecule has 138 valence electrons. The van der Waals surface area contributed by atoms with E-state index in [4.69, 9.17) is 5.11 Å². The maximum Gasteiger partial charge on any atom is 0.326 e.